The third-order valence-corrected chi connectivity index (χ3v) is 5.50. The number of halogens is 1. The Bertz CT molecular complexity index is 665. The van der Waals surface area contributed by atoms with Gasteiger partial charge in [0, 0.05) is 17.0 Å². The highest BCUT2D eigenvalue weighted by molar-refractivity contribution is 6.31. The van der Waals surface area contributed by atoms with Crippen molar-refractivity contribution in [1.82, 2.24) is 4.90 Å². The maximum absolute atomic E-state index is 6.20. The highest BCUT2D eigenvalue weighted by Crippen LogP contribution is 2.43. The first-order valence-electron chi connectivity index (χ1n) is 8.17. The number of benzene rings is 2. The van der Waals surface area contributed by atoms with Crippen LogP contribution in [0.2, 0.25) is 5.02 Å². The molecular formula is C20H24ClN. The predicted molar refractivity (Wildman–Crippen MR) is 94.8 cm³/mol. The summed E-state index contributed by atoms with van der Waals surface area (Å²) in [7, 11) is 2.23. The van der Waals surface area contributed by atoms with Crippen LogP contribution in [-0.4, -0.2) is 18.5 Å². The summed E-state index contributed by atoms with van der Waals surface area (Å²) in [4.78, 5) is 2.46. The summed E-state index contributed by atoms with van der Waals surface area (Å²) in [5.41, 5.74) is 5.55. The van der Waals surface area contributed by atoms with Crippen LogP contribution >= 0.6 is 11.6 Å². The van der Waals surface area contributed by atoms with Crippen molar-refractivity contribution in [1.29, 1.82) is 0 Å². The summed E-state index contributed by atoms with van der Waals surface area (Å²) >= 11 is 6.20. The van der Waals surface area contributed by atoms with E-state index in [1.54, 1.807) is 0 Å². The highest BCUT2D eigenvalue weighted by Gasteiger charge is 2.29. The molecule has 2 unspecified atom stereocenters. The molecule has 1 aliphatic carbocycles. The average molecular weight is 314 g/mol. The third-order valence-electron chi connectivity index (χ3n) is 5.07. The van der Waals surface area contributed by atoms with Gasteiger partial charge >= 0.3 is 0 Å². The summed E-state index contributed by atoms with van der Waals surface area (Å²) < 4.78 is 0. The second-order valence-corrected chi connectivity index (χ2v) is 6.76. The number of aryl methyl sites for hydroxylation is 1. The molecule has 0 aliphatic heterocycles. The molecule has 0 saturated heterocycles. The van der Waals surface area contributed by atoms with Crippen LogP contribution in [0.15, 0.2) is 42.5 Å². The molecule has 0 fully saturated rings. The van der Waals surface area contributed by atoms with Crippen LogP contribution in [0.1, 0.15) is 54.0 Å². The van der Waals surface area contributed by atoms with Gasteiger partial charge in [-0.25, -0.2) is 0 Å². The molecule has 1 aliphatic rings. The molecule has 0 radical (unpaired) electrons. The summed E-state index contributed by atoms with van der Waals surface area (Å²) in [6.07, 6.45) is 2.42. The van der Waals surface area contributed by atoms with Crippen molar-refractivity contribution in [2.24, 2.45) is 0 Å². The third kappa shape index (κ3) is 2.80. The van der Waals surface area contributed by atoms with Crippen LogP contribution in [0, 0.1) is 6.92 Å². The van der Waals surface area contributed by atoms with Gasteiger partial charge in [0.1, 0.15) is 0 Å². The molecule has 1 nitrogen and oxygen atoms in total. The van der Waals surface area contributed by atoms with Gasteiger partial charge in [0.25, 0.3) is 0 Å². The Balaban J connectivity index is 2.02. The van der Waals surface area contributed by atoms with Crippen LogP contribution in [0.25, 0.3) is 0 Å². The molecule has 2 aromatic rings. The second-order valence-electron chi connectivity index (χ2n) is 6.36. The molecule has 0 bridgehead atoms. The van der Waals surface area contributed by atoms with Gasteiger partial charge in [-0.15, -0.1) is 0 Å². The fourth-order valence-electron chi connectivity index (χ4n) is 3.68. The van der Waals surface area contributed by atoms with Crippen molar-refractivity contribution in [3.63, 3.8) is 0 Å². The van der Waals surface area contributed by atoms with Crippen molar-refractivity contribution in [3.05, 3.63) is 69.7 Å². The van der Waals surface area contributed by atoms with E-state index in [1.165, 1.54) is 35.1 Å². The quantitative estimate of drug-likeness (QED) is 0.716. The minimum absolute atomic E-state index is 0.494. The van der Waals surface area contributed by atoms with E-state index in [2.05, 4.69) is 62.2 Å². The van der Waals surface area contributed by atoms with Gasteiger partial charge in [-0.2, -0.15) is 0 Å². The Morgan fingerprint density at radius 2 is 1.82 bits per heavy atom. The fraction of sp³-hybridized carbons (Fsp3) is 0.400. The van der Waals surface area contributed by atoms with E-state index < -0.39 is 0 Å². The zero-order chi connectivity index (χ0) is 15.7. The molecule has 0 aromatic heterocycles. The lowest BCUT2D eigenvalue weighted by molar-refractivity contribution is 0.228. The zero-order valence-corrected chi connectivity index (χ0v) is 14.4. The molecule has 0 N–H and O–H groups in total. The Labute approximate surface area is 138 Å². The lowest BCUT2D eigenvalue weighted by Crippen LogP contribution is -2.29. The van der Waals surface area contributed by atoms with E-state index >= 15 is 0 Å². The first-order chi connectivity index (χ1) is 10.6. The Kier molecular flexibility index (Phi) is 4.56. The van der Waals surface area contributed by atoms with Gasteiger partial charge in [0.15, 0.2) is 0 Å². The molecule has 3 rings (SSSR count). The normalized spacial score (nSPS) is 21.0. The van der Waals surface area contributed by atoms with Crippen molar-refractivity contribution in [2.45, 2.75) is 38.6 Å². The minimum atomic E-state index is 0.494. The number of hydrogen-bond acceptors (Lipinski definition) is 1. The molecule has 0 amide bonds. The second kappa shape index (κ2) is 6.44. The zero-order valence-electron chi connectivity index (χ0n) is 13.6. The number of rotatable bonds is 3. The molecule has 2 aromatic carbocycles. The summed E-state index contributed by atoms with van der Waals surface area (Å²) in [6, 6.07) is 16.0. The van der Waals surface area contributed by atoms with Crippen LogP contribution in [0.5, 0.6) is 0 Å². The van der Waals surface area contributed by atoms with E-state index in [0.29, 0.717) is 12.0 Å². The van der Waals surface area contributed by atoms with Crippen LogP contribution in [0.3, 0.4) is 0 Å². The molecule has 0 saturated carbocycles. The van der Waals surface area contributed by atoms with E-state index in [0.717, 1.165) is 11.6 Å². The summed E-state index contributed by atoms with van der Waals surface area (Å²) in [5, 5.41) is 0.858. The summed E-state index contributed by atoms with van der Waals surface area (Å²) in [6.45, 7) is 5.41. The molecule has 2 atom stereocenters. The van der Waals surface area contributed by atoms with Crippen molar-refractivity contribution >= 4 is 11.6 Å². The number of hydrogen-bond donors (Lipinski definition) is 0. The smallest absolute Gasteiger partial charge is 0.0435 e. The van der Waals surface area contributed by atoms with Gasteiger partial charge in [-0.05, 0) is 61.7 Å². The Morgan fingerprint density at radius 3 is 2.50 bits per heavy atom. The number of fused-ring (bicyclic) bond motifs is 1. The molecule has 2 heteroatoms. The van der Waals surface area contributed by atoms with E-state index in [9.17, 15) is 0 Å². The minimum Gasteiger partial charge on any atom is -0.300 e. The highest BCUT2D eigenvalue weighted by atomic mass is 35.5. The van der Waals surface area contributed by atoms with Crippen molar-refractivity contribution < 1.29 is 0 Å². The topological polar surface area (TPSA) is 3.24 Å². The Hall–Kier alpha value is -1.31. The van der Waals surface area contributed by atoms with Gasteiger partial charge in [0.2, 0.25) is 0 Å². The van der Waals surface area contributed by atoms with E-state index in [4.69, 9.17) is 11.6 Å². The Morgan fingerprint density at radius 1 is 1.09 bits per heavy atom. The molecule has 0 heterocycles. The monoisotopic (exact) mass is 313 g/mol. The largest absolute Gasteiger partial charge is 0.300 e. The van der Waals surface area contributed by atoms with Crippen LogP contribution in [0.4, 0.5) is 0 Å². The van der Waals surface area contributed by atoms with E-state index in [-0.39, 0.29) is 0 Å². The predicted octanol–water partition coefficient (Wildman–Crippen LogP) is 5.57. The first kappa shape index (κ1) is 15.6. The van der Waals surface area contributed by atoms with Crippen LogP contribution < -0.4 is 0 Å². The standard InChI is InChI=1S/C20H24ClN/c1-4-22(3)20-12-10-16(17-7-5-6-8-18(17)20)15-9-11-19(21)14(2)13-15/h5-9,11,13,16,20H,4,10,12H2,1-3H3. The molecule has 116 valence electrons. The molecule has 0 spiro atoms. The van der Waals surface area contributed by atoms with Crippen molar-refractivity contribution in [3.8, 4) is 0 Å². The molecule has 22 heavy (non-hydrogen) atoms. The average Bonchev–Trinajstić information content (AvgIpc) is 2.55. The van der Waals surface area contributed by atoms with Crippen LogP contribution in [-0.2, 0) is 0 Å². The molecular weight excluding hydrogens is 290 g/mol. The maximum atomic E-state index is 6.20. The SMILES string of the molecule is CCN(C)C1CCC(c2ccc(Cl)c(C)c2)c2ccccc21. The van der Waals surface area contributed by atoms with Gasteiger partial charge < -0.3 is 0 Å². The van der Waals surface area contributed by atoms with Gasteiger partial charge in [-0.1, -0.05) is 54.9 Å². The first-order valence-corrected chi connectivity index (χ1v) is 8.54. The fourth-order valence-corrected chi connectivity index (χ4v) is 3.79. The van der Waals surface area contributed by atoms with Gasteiger partial charge in [0.05, 0.1) is 0 Å². The lowest BCUT2D eigenvalue weighted by Gasteiger charge is -2.36. The number of nitrogens with zero attached hydrogens (tertiary/aromatic N) is 1. The van der Waals surface area contributed by atoms with E-state index in [1.807, 2.05) is 6.07 Å². The van der Waals surface area contributed by atoms with Crippen molar-refractivity contribution in [2.75, 3.05) is 13.6 Å². The lowest BCUT2D eigenvalue weighted by atomic mass is 9.76. The maximum Gasteiger partial charge on any atom is 0.0435 e. The van der Waals surface area contributed by atoms with Gasteiger partial charge in [-0.3, -0.25) is 4.90 Å². The summed E-state index contributed by atoms with van der Waals surface area (Å²) in [5.74, 6) is 0.494.